The number of aromatic carboxylic acids is 1. The molecule has 0 radical (unpaired) electrons. The van der Waals surface area contributed by atoms with Gasteiger partial charge in [-0.15, -0.1) is 5.10 Å². The molecule has 1 aliphatic carbocycles. The van der Waals surface area contributed by atoms with Crippen LogP contribution in [0.3, 0.4) is 0 Å². The van der Waals surface area contributed by atoms with Gasteiger partial charge in [0.05, 0.1) is 12.7 Å². The third-order valence-corrected chi connectivity index (χ3v) is 3.43. The molecule has 0 spiro atoms. The lowest BCUT2D eigenvalue weighted by molar-refractivity contribution is 0.0690. The fraction of sp³-hybridized carbons (Fsp3) is 0.769. The van der Waals surface area contributed by atoms with Gasteiger partial charge in [0.1, 0.15) is 0 Å². The lowest BCUT2D eigenvalue weighted by atomic mass is 10.1. The lowest BCUT2D eigenvalue weighted by Crippen LogP contribution is -2.31. The van der Waals surface area contributed by atoms with Crippen molar-refractivity contribution in [1.29, 1.82) is 0 Å². The van der Waals surface area contributed by atoms with Crippen LogP contribution in [-0.2, 0) is 6.54 Å². The average molecular weight is 266 g/mol. The van der Waals surface area contributed by atoms with Crippen molar-refractivity contribution in [2.24, 2.45) is 5.92 Å². The van der Waals surface area contributed by atoms with Gasteiger partial charge in [0, 0.05) is 12.6 Å². The van der Waals surface area contributed by atoms with Crippen molar-refractivity contribution >= 4 is 5.97 Å². The number of aromatic nitrogens is 3. The highest BCUT2D eigenvalue weighted by atomic mass is 16.4. The molecule has 0 amide bonds. The molecule has 1 aliphatic rings. The van der Waals surface area contributed by atoms with Crippen molar-refractivity contribution in [1.82, 2.24) is 19.9 Å². The number of hydrogen-bond donors (Lipinski definition) is 1. The van der Waals surface area contributed by atoms with Gasteiger partial charge in [0.2, 0.25) is 0 Å². The van der Waals surface area contributed by atoms with Crippen LogP contribution in [0.5, 0.6) is 0 Å². The highest BCUT2D eigenvalue weighted by Crippen LogP contribution is 2.27. The first kappa shape index (κ1) is 14.0. The maximum Gasteiger partial charge on any atom is 0.358 e. The molecule has 0 saturated heterocycles. The van der Waals surface area contributed by atoms with Crippen molar-refractivity contribution < 1.29 is 9.90 Å². The van der Waals surface area contributed by atoms with Gasteiger partial charge in [-0.2, -0.15) is 0 Å². The van der Waals surface area contributed by atoms with Gasteiger partial charge in [0.15, 0.2) is 5.69 Å². The van der Waals surface area contributed by atoms with Crippen LogP contribution >= 0.6 is 0 Å². The second kappa shape index (κ2) is 6.14. The number of carboxylic acid groups (broad SMARTS) is 1. The first-order chi connectivity index (χ1) is 9.06. The first-order valence-corrected chi connectivity index (χ1v) is 6.93. The van der Waals surface area contributed by atoms with Crippen molar-refractivity contribution in [2.45, 2.75) is 45.7 Å². The Morgan fingerprint density at radius 3 is 2.79 bits per heavy atom. The standard InChI is InChI=1S/C13H22N4O2/c1-10(2)5-6-16(11-3-4-11)7-8-17-9-12(13(18)19)14-15-17/h9-11H,3-8H2,1-2H3,(H,18,19). The molecule has 6 heteroatoms. The van der Waals surface area contributed by atoms with Gasteiger partial charge in [-0.1, -0.05) is 19.1 Å². The van der Waals surface area contributed by atoms with Gasteiger partial charge in [0.25, 0.3) is 0 Å². The number of nitrogens with zero attached hydrogens (tertiary/aromatic N) is 4. The Kier molecular flexibility index (Phi) is 4.52. The van der Waals surface area contributed by atoms with E-state index in [1.54, 1.807) is 4.68 Å². The van der Waals surface area contributed by atoms with Crippen molar-refractivity contribution in [2.75, 3.05) is 13.1 Å². The molecule has 0 aromatic carbocycles. The second-order valence-corrected chi connectivity index (χ2v) is 5.62. The van der Waals surface area contributed by atoms with Crippen LogP contribution in [0.4, 0.5) is 0 Å². The Hall–Kier alpha value is -1.43. The molecule has 0 aliphatic heterocycles. The Labute approximate surface area is 113 Å². The predicted octanol–water partition coefficient (Wildman–Crippen LogP) is 1.49. The first-order valence-electron chi connectivity index (χ1n) is 6.93. The summed E-state index contributed by atoms with van der Waals surface area (Å²) in [7, 11) is 0. The summed E-state index contributed by atoms with van der Waals surface area (Å²) in [5.74, 6) is -0.309. The molecule has 1 fully saturated rings. The molecule has 106 valence electrons. The fourth-order valence-corrected chi connectivity index (χ4v) is 2.08. The zero-order valence-electron chi connectivity index (χ0n) is 11.6. The van der Waals surface area contributed by atoms with Gasteiger partial charge < -0.3 is 5.11 Å². The average Bonchev–Trinajstić information content (AvgIpc) is 3.06. The Balaban J connectivity index is 1.82. The molecule has 0 atom stereocenters. The van der Waals surface area contributed by atoms with Crippen LogP contribution in [0.15, 0.2) is 6.20 Å². The Morgan fingerprint density at radius 1 is 1.53 bits per heavy atom. The smallest absolute Gasteiger partial charge is 0.358 e. The number of carbonyl (C=O) groups is 1. The SMILES string of the molecule is CC(C)CCN(CCn1cc(C(=O)O)nn1)C1CC1. The van der Waals surface area contributed by atoms with E-state index >= 15 is 0 Å². The largest absolute Gasteiger partial charge is 0.476 e. The maximum absolute atomic E-state index is 10.7. The Bertz CT molecular complexity index is 426. The van der Waals surface area contributed by atoms with E-state index in [1.807, 2.05) is 0 Å². The van der Waals surface area contributed by atoms with E-state index in [1.165, 1.54) is 25.5 Å². The summed E-state index contributed by atoms with van der Waals surface area (Å²) in [6, 6.07) is 0.723. The summed E-state index contributed by atoms with van der Waals surface area (Å²) < 4.78 is 1.62. The van der Waals surface area contributed by atoms with Crippen molar-refractivity contribution in [3.05, 3.63) is 11.9 Å². The van der Waals surface area contributed by atoms with Crippen LogP contribution in [0, 0.1) is 5.92 Å². The molecule has 19 heavy (non-hydrogen) atoms. The van der Waals surface area contributed by atoms with Gasteiger partial charge in [-0.3, -0.25) is 9.58 Å². The Morgan fingerprint density at radius 2 is 2.26 bits per heavy atom. The number of carboxylic acids is 1. The molecule has 2 rings (SSSR count). The molecule has 0 bridgehead atoms. The van der Waals surface area contributed by atoms with Crippen LogP contribution in [0.25, 0.3) is 0 Å². The normalized spacial score (nSPS) is 15.4. The third-order valence-electron chi connectivity index (χ3n) is 3.43. The predicted molar refractivity (Wildman–Crippen MR) is 71.0 cm³/mol. The summed E-state index contributed by atoms with van der Waals surface area (Å²) >= 11 is 0. The molecular weight excluding hydrogens is 244 g/mol. The summed E-state index contributed by atoms with van der Waals surface area (Å²) in [4.78, 5) is 13.2. The molecular formula is C13H22N4O2. The number of rotatable bonds is 8. The molecule has 6 nitrogen and oxygen atoms in total. The molecule has 0 unspecified atom stereocenters. The van der Waals surface area contributed by atoms with Gasteiger partial charge >= 0.3 is 5.97 Å². The molecule has 1 aromatic heterocycles. The van der Waals surface area contributed by atoms with E-state index in [9.17, 15) is 4.79 Å². The fourth-order valence-electron chi connectivity index (χ4n) is 2.08. The topological polar surface area (TPSA) is 71.2 Å². The van der Waals surface area contributed by atoms with E-state index in [0.717, 1.165) is 19.1 Å². The third kappa shape index (κ3) is 4.31. The van der Waals surface area contributed by atoms with Crippen LogP contribution in [0.1, 0.15) is 43.6 Å². The number of hydrogen-bond acceptors (Lipinski definition) is 4. The van der Waals surface area contributed by atoms with Crippen molar-refractivity contribution in [3.63, 3.8) is 0 Å². The zero-order chi connectivity index (χ0) is 13.8. The van der Waals surface area contributed by atoms with Crippen LogP contribution < -0.4 is 0 Å². The lowest BCUT2D eigenvalue weighted by Gasteiger charge is -2.22. The summed E-state index contributed by atoms with van der Waals surface area (Å²) in [6.45, 7) is 7.21. The van der Waals surface area contributed by atoms with E-state index in [0.29, 0.717) is 12.5 Å². The highest BCUT2D eigenvalue weighted by Gasteiger charge is 2.28. The van der Waals surface area contributed by atoms with E-state index in [2.05, 4.69) is 29.1 Å². The molecule has 1 aromatic rings. The summed E-state index contributed by atoms with van der Waals surface area (Å²) in [5, 5.41) is 16.3. The van der Waals surface area contributed by atoms with E-state index in [4.69, 9.17) is 5.11 Å². The minimum atomic E-state index is -1.02. The van der Waals surface area contributed by atoms with Crippen LogP contribution in [0.2, 0.25) is 0 Å². The minimum Gasteiger partial charge on any atom is -0.476 e. The second-order valence-electron chi connectivity index (χ2n) is 5.62. The zero-order valence-corrected chi connectivity index (χ0v) is 11.6. The van der Waals surface area contributed by atoms with Gasteiger partial charge in [-0.05, 0) is 31.7 Å². The highest BCUT2D eigenvalue weighted by molar-refractivity contribution is 5.84. The molecule has 1 heterocycles. The maximum atomic E-state index is 10.7. The van der Waals surface area contributed by atoms with Gasteiger partial charge in [-0.25, -0.2) is 4.79 Å². The molecule has 1 saturated carbocycles. The van der Waals surface area contributed by atoms with Crippen LogP contribution in [-0.4, -0.2) is 50.1 Å². The minimum absolute atomic E-state index is 0.0140. The molecule has 1 N–H and O–H groups in total. The van der Waals surface area contributed by atoms with E-state index in [-0.39, 0.29) is 5.69 Å². The monoisotopic (exact) mass is 266 g/mol. The summed E-state index contributed by atoms with van der Waals surface area (Å²) in [5.41, 5.74) is 0.0140. The quantitative estimate of drug-likeness (QED) is 0.771. The summed E-state index contributed by atoms with van der Waals surface area (Å²) in [6.07, 6.45) is 5.27. The van der Waals surface area contributed by atoms with E-state index < -0.39 is 5.97 Å². The van der Waals surface area contributed by atoms with Crippen molar-refractivity contribution in [3.8, 4) is 0 Å².